The number of carbonyl (C=O) groups excluding carboxylic acids is 3. The van der Waals surface area contributed by atoms with Crippen molar-refractivity contribution in [3.8, 4) is 16.7 Å². The van der Waals surface area contributed by atoms with Crippen LogP contribution in [-0.4, -0.2) is 65.0 Å². The third kappa shape index (κ3) is 7.40. The van der Waals surface area contributed by atoms with Gasteiger partial charge in [-0.05, 0) is 68.1 Å². The molecule has 11 nitrogen and oxygen atoms in total. The maximum absolute atomic E-state index is 14.5. The Labute approximate surface area is 295 Å². The van der Waals surface area contributed by atoms with Crippen molar-refractivity contribution in [2.45, 2.75) is 68.7 Å². The Hall–Kier alpha value is -5.10. The van der Waals surface area contributed by atoms with Gasteiger partial charge in [0.25, 0.3) is 11.1 Å². The molecule has 50 heavy (non-hydrogen) atoms. The van der Waals surface area contributed by atoms with Gasteiger partial charge in [0, 0.05) is 18.0 Å². The lowest BCUT2D eigenvalue weighted by atomic mass is 10.0. The van der Waals surface area contributed by atoms with E-state index in [0.29, 0.717) is 23.8 Å². The highest BCUT2D eigenvalue weighted by Crippen LogP contribution is 2.45. The van der Waals surface area contributed by atoms with E-state index in [0.717, 1.165) is 47.3 Å². The highest BCUT2D eigenvalue weighted by molar-refractivity contribution is 7.20. The number of para-hydroxylation sites is 2. The number of ether oxygens (including phenoxy) is 2. The first-order valence-electron chi connectivity index (χ1n) is 17.2. The molecule has 3 aromatic carbocycles. The summed E-state index contributed by atoms with van der Waals surface area (Å²) >= 11 is 1.39. The number of hydrogen-bond donors (Lipinski definition) is 3. The zero-order chi connectivity index (χ0) is 34.5. The van der Waals surface area contributed by atoms with Gasteiger partial charge in [-0.3, -0.25) is 14.4 Å². The van der Waals surface area contributed by atoms with E-state index in [2.05, 4.69) is 27.2 Å². The summed E-state index contributed by atoms with van der Waals surface area (Å²) in [6, 6.07) is 22.8. The number of hydrogen-bond acceptors (Lipinski definition) is 9. The molecule has 260 valence electrons. The lowest BCUT2D eigenvalue weighted by Gasteiger charge is -2.30. The first-order chi connectivity index (χ1) is 24.4. The predicted octanol–water partition coefficient (Wildman–Crippen LogP) is 5.64. The number of methoxy groups -OCH3 is 1. The molecule has 1 saturated carbocycles. The van der Waals surface area contributed by atoms with E-state index in [1.807, 2.05) is 72.8 Å². The van der Waals surface area contributed by atoms with Crippen molar-refractivity contribution < 1.29 is 28.7 Å². The molecule has 3 heterocycles. The minimum Gasteiger partial charge on any atom is -0.497 e. The summed E-state index contributed by atoms with van der Waals surface area (Å²) in [4.78, 5) is 54.4. The average molecular weight is 696 g/mol. The number of rotatable bonds is 8. The van der Waals surface area contributed by atoms with Crippen molar-refractivity contribution >= 4 is 45.0 Å². The Balaban J connectivity index is 1.16. The van der Waals surface area contributed by atoms with E-state index in [1.54, 1.807) is 24.1 Å². The average Bonchev–Trinajstić information content (AvgIpc) is 3.44. The summed E-state index contributed by atoms with van der Waals surface area (Å²) in [6.07, 6.45) is 8.49. The number of benzene rings is 3. The van der Waals surface area contributed by atoms with E-state index in [4.69, 9.17) is 14.3 Å². The Morgan fingerprint density at radius 1 is 1.00 bits per heavy atom. The van der Waals surface area contributed by atoms with Crippen molar-refractivity contribution in [3.63, 3.8) is 0 Å². The second-order valence-corrected chi connectivity index (χ2v) is 14.0. The van der Waals surface area contributed by atoms with Gasteiger partial charge in [-0.2, -0.15) is 5.48 Å². The number of aromatic nitrogens is 1. The number of carbonyl (C=O) groups is 3. The smallest absolute Gasteiger partial charge is 0.278 e. The number of nitrogens with one attached hydrogen (secondary N) is 3. The van der Waals surface area contributed by atoms with Crippen LogP contribution in [0.3, 0.4) is 0 Å². The predicted molar refractivity (Wildman–Crippen MR) is 191 cm³/mol. The van der Waals surface area contributed by atoms with Crippen LogP contribution in [-0.2, 0) is 14.4 Å². The Bertz CT molecular complexity index is 1850. The standard InChI is InChI=1S/C38H41N5O6S/c1-47-28-19-20-30-33(22-28)50-37(40-30)48-29-21-32-34(44)41-38(36(46)42-49-27-16-10-6-11-17-27)23-25(38)13-7-3-2-4-12-18-31(35(45)43(32)24-29)39-26-14-8-5-9-15-26/h5-11,13-17,19-20,22,25,29,31-32,39H,2-4,12,18,21,23-24H2,1H3,(H,41,44)(H,42,46)/b13-7-/t25-,29-,31+,32+,38-/m1/s1. The molecule has 2 fully saturated rings. The fraction of sp³-hybridized carbons (Fsp3) is 0.368. The quantitative estimate of drug-likeness (QED) is 0.160. The first kappa shape index (κ1) is 33.4. The number of hydroxylamine groups is 1. The SMILES string of the molecule is COc1ccc2nc(O[C@@H]3C[C@H]4C(=O)N[C@]5(C(=O)NOc6ccccc6)C[C@H]5/C=C\CCCCC[C@H](Nc5ccccc5)C(=O)N4C3)sc2c1. The normalized spacial score (nSPS) is 26.0. The maximum Gasteiger partial charge on any atom is 0.278 e. The monoisotopic (exact) mass is 695 g/mol. The van der Waals surface area contributed by atoms with Crippen molar-refractivity contribution in [2.24, 2.45) is 5.92 Å². The molecule has 4 aromatic rings. The van der Waals surface area contributed by atoms with Crippen molar-refractivity contribution in [1.82, 2.24) is 20.7 Å². The molecule has 0 radical (unpaired) electrons. The van der Waals surface area contributed by atoms with Gasteiger partial charge in [-0.15, -0.1) is 0 Å². The van der Waals surface area contributed by atoms with Gasteiger partial charge in [-0.1, -0.05) is 72.7 Å². The highest BCUT2D eigenvalue weighted by Gasteiger charge is 2.61. The van der Waals surface area contributed by atoms with E-state index in [-0.39, 0.29) is 24.8 Å². The number of thiazole rings is 1. The van der Waals surface area contributed by atoms with Crippen LogP contribution in [0.1, 0.15) is 44.9 Å². The molecule has 1 aliphatic carbocycles. The molecule has 3 N–H and O–H groups in total. The third-order valence-corrected chi connectivity index (χ3v) is 10.5. The number of fused-ring (bicyclic) bond motifs is 3. The number of allylic oxidation sites excluding steroid dienone is 1. The van der Waals surface area contributed by atoms with Crippen molar-refractivity contribution in [1.29, 1.82) is 0 Å². The molecule has 7 rings (SSSR count). The molecule has 1 saturated heterocycles. The van der Waals surface area contributed by atoms with E-state index in [9.17, 15) is 14.4 Å². The van der Waals surface area contributed by atoms with Crippen molar-refractivity contribution in [2.75, 3.05) is 19.0 Å². The molecule has 1 aromatic heterocycles. The summed E-state index contributed by atoms with van der Waals surface area (Å²) in [6.45, 7) is 0.197. The fourth-order valence-electron chi connectivity index (χ4n) is 6.79. The maximum atomic E-state index is 14.5. The van der Waals surface area contributed by atoms with Gasteiger partial charge in [0.05, 0.1) is 23.9 Å². The molecule has 5 atom stereocenters. The summed E-state index contributed by atoms with van der Waals surface area (Å²) in [7, 11) is 1.62. The minimum absolute atomic E-state index is 0.180. The molecule has 2 aliphatic heterocycles. The van der Waals surface area contributed by atoms with Gasteiger partial charge in [0.1, 0.15) is 29.5 Å². The second-order valence-electron chi connectivity index (χ2n) is 13.0. The third-order valence-electron chi connectivity index (χ3n) is 9.61. The molecule has 3 amide bonds. The summed E-state index contributed by atoms with van der Waals surface area (Å²) < 4.78 is 12.7. The molecule has 0 bridgehead atoms. The molecular formula is C38H41N5O6S. The zero-order valence-electron chi connectivity index (χ0n) is 27.9. The topological polar surface area (TPSA) is 131 Å². The summed E-state index contributed by atoms with van der Waals surface area (Å²) in [5.41, 5.74) is 2.97. The Morgan fingerprint density at radius 2 is 1.80 bits per heavy atom. The Kier molecular flexibility index (Phi) is 9.88. The lowest BCUT2D eigenvalue weighted by Crippen LogP contribution is -2.57. The van der Waals surface area contributed by atoms with Gasteiger partial charge in [0.2, 0.25) is 11.8 Å². The van der Waals surface area contributed by atoms with E-state index >= 15 is 0 Å². The fourth-order valence-corrected chi connectivity index (χ4v) is 7.70. The van der Waals surface area contributed by atoms with Crippen molar-refractivity contribution in [3.05, 3.63) is 91.0 Å². The molecular weight excluding hydrogens is 655 g/mol. The lowest BCUT2D eigenvalue weighted by molar-refractivity contribution is -0.141. The first-order valence-corrected chi connectivity index (χ1v) is 18.0. The summed E-state index contributed by atoms with van der Waals surface area (Å²) in [5.74, 6) is -0.0325. The highest BCUT2D eigenvalue weighted by atomic mass is 32.1. The molecule has 3 aliphatic rings. The van der Waals surface area contributed by atoms with Crippen LogP contribution < -0.4 is 30.4 Å². The van der Waals surface area contributed by atoms with Crippen LogP contribution >= 0.6 is 11.3 Å². The minimum atomic E-state index is -1.20. The van der Waals surface area contributed by atoms with Crippen LogP contribution in [0, 0.1) is 5.92 Å². The number of anilines is 1. The van der Waals surface area contributed by atoms with Gasteiger partial charge < -0.3 is 29.8 Å². The van der Waals surface area contributed by atoms with Gasteiger partial charge in [0.15, 0.2) is 5.75 Å². The second kappa shape index (κ2) is 14.8. The van der Waals surface area contributed by atoms with Crippen LogP contribution in [0.15, 0.2) is 91.0 Å². The van der Waals surface area contributed by atoms with E-state index in [1.165, 1.54) is 11.3 Å². The Morgan fingerprint density at radius 3 is 2.60 bits per heavy atom. The van der Waals surface area contributed by atoms with Crippen LogP contribution in [0.2, 0.25) is 0 Å². The number of nitrogens with zero attached hydrogens (tertiary/aromatic N) is 2. The molecule has 12 heteroatoms. The van der Waals surface area contributed by atoms with Gasteiger partial charge in [-0.25, -0.2) is 4.98 Å². The zero-order valence-corrected chi connectivity index (χ0v) is 28.7. The van der Waals surface area contributed by atoms with E-state index < -0.39 is 35.5 Å². The van der Waals surface area contributed by atoms with Crippen LogP contribution in [0.25, 0.3) is 10.2 Å². The summed E-state index contributed by atoms with van der Waals surface area (Å²) in [5, 5.41) is 6.96. The van der Waals surface area contributed by atoms with Crippen LogP contribution in [0.4, 0.5) is 5.69 Å². The molecule has 0 spiro atoms. The molecule has 0 unspecified atom stereocenters. The van der Waals surface area contributed by atoms with Crippen LogP contribution in [0.5, 0.6) is 16.7 Å². The largest absolute Gasteiger partial charge is 0.497 e. The number of amides is 3. The van der Waals surface area contributed by atoms with Gasteiger partial charge >= 0.3 is 0 Å².